The van der Waals surface area contributed by atoms with Crippen molar-refractivity contribution in [1.29, 1.82) is 0 Å². The Morgan fingerprint density at radius 1 is 1.32 bits per heavy atom. The molecule has 0 aliphatic carbocycles. The standard InChI is InChI=1S/C17H13IN4O2S/c1-21-16-12(9-20-21)8-19-17-13(16)7-14(22(17)25-18)11-4-2-3-10(5-11)6-15(23)24/h2-5,7-9H,6H2,1H3,(H,23,24). The fourth-order valence-electron chi connectivity index (χ4n) is 3.07. The van der Waals surface area contributed by atoms with Crippen molar-refractivity contribution in [1.82, 2.24) is 18.7 Å². The van der Waals surface area contributed by atoms with E-state index in [4.69, 9.17) is 5.11 Å². The van der Waals surface area contributed by atoms with Crippen molar-refractivity contribution in [3.63, 3.8) is 0 Å². The Kier molecular flexibility index (Phi) is 4.16. The number of aryl methyl sites for hydroxylation is 1. The Morgan fingerprint density at radius 2 is 2.16 bits per heavy atom. The van der Waals surface area contributed by atoms with Gasteiger partial charge >= 0.3 is 5.97 Å². The van der Waals surface area contributed by atoms with E-state index in [1.54, 1.807) is 9.12 Å². The molecule has 3 aromatic heterocycles. The maximum Gasteiger partial charge on any atom is 0.307 e. The molecule has 0 saturated heterocycles. The lowest BCUT2D eigenvalue weighted by Gasteiger charge is -2.06. The van der Waals surface area contributed by atoms with E-state index in [0.29, 0.717) is 0 Å². The molecule has 0 spiro atoms. The summed E-state index contributed by atoms with van der Waals surface area (Å²) < 4.78 is 3.91. The van der Waals surface area contributed by atoms with Crippen molar-refractivity contribution in [2.75, 3.05) is 0 Å². The van der Waals surface area contributed by atoms with Crippen LogP contribution in [0.4, 0.5) is 0 Å². The summed E-state index contributed by atoms with van der Waals surface area (Å²) >= 11 is 2.23. The van der Waals surface area contributed by atoms with Gasteiger partial charge in [-0.1, -0.05) is 18.2 Å². The third-order valence-corrected chi connectivity index (χ3v) is 5.82. The van der Waals surface area contributed by atoms with Crippen molar-refractivity contribution in [3.05, 3.63) is 48.3 Å². The molecule has 0 amide bonds. The molecule has 6 nitrogen and oxygen atoms in total. The number of pyridine rings is 1. The minimum atomic E-state index is -0.834. The average molecular weight is 464 g/mol. The maximum absolute atomic E-state index is 11.0. The minimum absolute atomic E-state index is 0.00960. The van der Waals surface area contributed by atoms with Gasteiger partial charge in [0.25, 0.3) is 0 Å². The van der Waals surface area contributed by atoms with E-state index in [1.165, 1.54) is 0 Å². The number of halogens is 1. The van der Waals surface area contributed by atoms with Crippen LogP contribution in [0.15, 0.2) is 42.7 Å². The molecule has 4 rings (SSSR count). The van der Waals surface area contributed by atoms with Crippen molar-refractivity contribution in [2.24, 2.45) is 7.05 Å². The maximum atomic E-state index is 11.0. The zero-order valence-corrected chi connectivity index (χ0v) is 16.2. The molecule has 0 unspecified atom stereocenters. The molecule has 0 atom stereocenters. The van der Waals surface area contributed by atoms with Gasteiger partial charge in [-0.2, -0.15) is 5.10 Å². The molecule has 0 fully saturated rings. The third kappa shape index (κ3) is 2.78. The molecule has 4 aromatic rings. The molecule has 0 aliphatic heterocycles. The summed E-state index contributed by atoms with van der Waals surface area (Å²) in [6.45, 7) is 0. The van der Waals surface area contributed by atoms with E-state index in [-0.39, 0.29) is 6.42 Å². The number of aromatic nitrogens is 4. The number of benzene rings is 1. The number of nitrogens with zero attached hydrogens (tertiary/aromatic N) is 4. The van der Waals surface area contributed by atoms with Gasteiger partial charge in [0.2, 0.25) is 0 Å². The molecule has 3 heterocycles. The van der Waals surface area contributed by atoms with Crippen molar-refractivity contribution >= 4 is 58.2 Å². The lowest BCUT2D eigenvalue weighted by molar-refractivity contribution is -0.136. The summed E-state index contributed by atoms with van der Waals surface area (Å²) in [5.41, 5.74) is 4.64. The number of hydrogen-bond acceptors (Lipinski definition) is 4. The summed E-state index contributed by atoms with van der Waals surface area (Å²) in [6.07, 6.45) is 3.65. The summed E-state index contributed by atoms with van der Waals surface area (Å²) in [7, 11) is 3.46. The Balaban J connectivity index is 1.97. The number of carbonyl (C=O) groups is 1. The minimum Gasteiger partial charge on any atom is -0.481 e. The zero-order valence-electron chi connectivity index (χ0n) is 13.2. The average Bonchev–Trinajstić information content (AvgIpc) is 3.14. The number of rotatable bonds is 4. The van der Waals surface area contributed by atoms with Gasteiger partial charge in [-0.3, -0.25) is 13.4 Å². The highest BCUT2D eigenvalue weighted by Gasteiger charge is 2.16. The van der Waals surface area contributed by atoms with Crippen molar-refractivity contribution in [3.8, 4) is 11.3 Å². The topological polar surface area (TPSA) is 72.9 Å². The van der Waals surface area contributed by atoms with Crippen LogP contribution >= 0.6 is 30.3 Å². The fraction of sp³-hybridized carbons (Fsp3) is 0.118. The van der Waals surface area contributed by atoms with E-state index in [1.807, 2.05) is 48.4 Å². The predicted octanol–water partition coefficient (Wildman–Crippen LogP) is 4.06. The molecule has 1 N–H and O–H groups in total. The first-order valence-corrected chi connectivity index (χ1v) is 10.8. The molecule has 0 bridgehead atoms. The van der Waals surface area contributed by atoms with E-state index in [2.05, 4.69) is 41.3 Å². The smallest absolute Gasteiger partial charge is 0.307 e. The van der Waals surface area contributed by atoms with Gasteiger partial charge in [-0.05, 0) is 23.3 Å². The highest BCUT2D eigenvalue weighted by Crippen LogP contribution is 2.36. The number of hydrogen-bond donors (Lipinski definition) is 1. The summed E-state index contributed by atoms with van der Waals surface area (Å²) in [5, 5.41) is 15.4. The van der Waals surface area contributed by atoms with Crippen LogP contribution in [0.2, 0.25) is 0 Å². The van der Waals surface area contributed by atoms with Gasteiger partial charge < -0.3 is 5.11 Å². The zero-order chi connectivity index (χ0) is 17.6. The van der Waals surface area contributed by atoms with E-state index in [9.17, 15) is 4.79 Å². The second-order valence-electron chi connectivity index (χ2n) is 5.73. The van der Waals surface area contributed by atoms with Crippen LogP contribution in [0.3, 0.4) is 0 Å². The van der Waals surface area contributed by atoms with Crippen LogP contribution in [0, 0.1) is 0 Å². The van der Waals surface area contributed by atoms with Crippen LogP contribution in [0.5, 0.6) is 0 Å². The Hall–Kier alpha value is -2.07. The molecule has 0 saturated carbocycles. The summed E-state index contributed by atoms with van der Waals surface area (Å²) in [4.78, 5) is 15.6. The lowest BCUT2D eigenvalue weighted by Crippen LogP contribution is -2.00. The van der Waals surface area contributed by atoms with Gasteiger partial charge in [-0.25, -0.2) is 4.98 Å². The molecule has 0 radical (unpaired) electrons. The number of aliphatic carboxylic acids is 1. The first-order valence-electron chi connectivity index (χ1n) is 7.51. The first-order chi connectivity index (χ1) is 12.1. The van der Waals surface area contributed by atoms with Gasteiger partial charge in [0.05, 0.1) is 23.8 Å². The van der Waals surface area contributed by atoms with E-state index in [0.717, 1.165) is 38.8 Å². The number of fused-ring (bicyclic) bond motifs is 3. The van der Waals surface area contributed by atoms with Crippen LogP contribution < -0.4 is 0 Å². The molecular weight excluding hydrogens is 451 g/mol. The molecule has 126 valence electrons. The van der Waals surface area contributed by atoms with Crippen LogP contribution in [-0.2, 0) is 18.3 Å². The number of carboxylic acids is 1. The molecule has 25 heavy (non-hydrogen) atoms. The second-order valence-corrected chi connectivity index (χ2v) is 7.42. The van der Waals surface area contributed by atoms with Gasteiger partial charge in [0, 0.05) is 54.3 Å². The summed E-state index contributed by atoms with van der Waals surface area (Å²) in [6, 6.07) is 9.73. The highest BCUT2D eigenvalue weighted by molar-refractivity contribution is 14.2. The molecule has 0 aliphatic rings. The fourth-order valence-corrected chi connectivity index (χ4v) is 4.71. The molecule has 1 aromatic carbocycles. The lowest BCUT2D eigenvalue weighted by atomic mass is 10.1. The van der Waals surface area contributed by atoms with Gasteiger partial charge in [-0.15, -0.1) is 0 Å². The first kappa shape index (κ1) is 16.4. The SMILES string of the molecule is Cn1ncc2cnc3c(cc(-c4cccc(CC(=O)O)c4)n3SI)c21. The van der Waals surface area contributed by atoms with Crippen LogP contribution in [0.1, 0.15) is 5.56 Å². The predicted molar refractivity (Wildman–Crippen MR) is 108 cm³/mol. The normalized spacial score (nSPS) is 11.4. The largest absolute Gasteiger partial charge is 0.481 e. The monoisotopic (exact) mass is 464 g/mol. The van der Waals surface area contributed by atoms with Gasteiger partial charge in [0.1, 0.15) is 0 Å². The van der Waals surface area contributed by atoms with Crippen LogP contribution in [-0.4, -0.2) is 29.8 Å². The Labute approximate surface area is 159 Å². The van der Waals surface area contributed by atoms with E-state index < -0.39 is 5.97 Å². The van der Waals surface area contributed by atoms with Crippen molar-refractivity contribution < 1.29 is 9.90 Å². The third-order valence-electron chi connectivity index (χ3n) is 4.13. The Bertz CT molecular complexity index is 1120. The molecular formula is C17H13IN4O2S. The summed E-state index contributed by atoms with van der Waals surface area (Å²) in [5.74, 6) is -0.834. The number of carboxylic acid groups (broad SMARTS) is 1. The van der Waals surface area contributed by atoms with Crippen molar-refractivity contribution in [2.45, 2.75) is 6.42 Å². The second kappa shape index (κ2) is 6.34. The van der Waals surface area contributed by atoms with Gasteiger partial charge in [0.15, 0.2) is 5.65 Å². The van der Waals surface area contributed by atoms with Crippen LogP contribution in [0.25, 0.3) is 33.2 Å². The highest BCUT2D eigenvalue weighted by atomic mass is 127. The molecule has 8 heteroatoms. The van der Waals surface area contributed by atoms with E-state index >= 15 is 0 Å². The quantitative estimate of drug-likeness (QED) is 0.462. The Morgan fingerprint density at radius 3 is 2.92 bits per heavy atom.